The molecule has 3 heteroatoms. The minimum atomic E-state index is -0.519. The normalized spacial score (nSPS) is 6.50. The van der Waals surface area contributed by atoms with Gasteiger partial charge in [0.25, 0.3) is 0 Å². The molecule has 0 spiro atoms. The van der Waals surface area contributed by atoms with Gasteiger partial charge in [-0.15, -0.1) is 6.17 Å². The minimum Gasteiger partial charge on any atom is -0.124 e. The molecule has 0 aliphatic heterocycles. The van der Waals surface area contributed by atoms with Crippen LogP contribution in [-0.2, 0) is 0 Å². The Morgan fingerprint density at radius 2 is 1.50 bits per heavy atom. The second kappa shape index (κ2) is 1.80. The first-order chi connectivity index (χ1) is 1.73. The Hall–Kier alpha value is 0.521. The van der Waals surface area contributed by atoms with Crippen LogP contribution in [0.15, 0.2) is 0 Å². The minimum absolute atomic E-state index is 0.519. The summed E-state index contributed by atoms with van der Waals surface area (Å²) in [6.07, 6.45) is 3.57. The fourth-order valence-corrected chi connectivity index (χ4v) is 0. The first-order valence-corrected chi connectivity index (χ1v) is 5.56. The van der Waals surface area contributed by atoms with Crippen LogP contribution in [0.1, 0.15) is 0 Å². The van der Waals surface area contributed by atoms with Crippen LogP contribution in [0.25, 0.3) is 0 Å². The molecule has 0 aromatic heterocycles. The van der Waals surface area contributed by atoms with Gasteiger partial charge < -0.3 is 0 Å². The standard InChI is InChI=1S/CH2Si3/c1-4(2)3/h1H2. The summed E-state index contributed by atoms with van der Waals surface area (Å²) in [5.41, 5.74) is 0. The largest absolute Gasteiger partial charge is 0.124 e. The topological polar surface area (TPSA) is 0 Å². The SMILES string of the molecule is C=[Si]([Si])[Si]. The maximum absolute atomic E-state index is 3.57. The molecule has 0 saturated heterocycles. The van der Waals surface area contributed by atoms with Crippen LogP contribution in [0.4, 0.5) is 0 Å². The van der Waals surface area contributed by atoms with Crippen LogP contribution in [0, 0.1) is 0 Å². The molecule has 0 nitrogen and oxygen atoms in total. The van der Waals surface area contributed by atoms with Gasteiger partial charge in [-0.05, 0) is 7.44 Å². The lowest BCUT2D eigenvalue weighted by Crippen LogP contribution is -1.95. The first-order valence-electron chi connectivity index (χ1n) is 0.854. The lowest BCUT2D eigenvalue weighted by molar-refractivity contribution is 4.05. The van der Waals surface area contributed by atoms with Gasteiger partial charge in [0.2, 0.25) is 0 Å². The van der Waals surface area contributed by atoms with Crippen molar-refractivity contribution in [3.05, 3.63) is 0 Å². The zero-order valence-electron chi connectivity index (χ0n) is 2.21. The highest BCUT2D eigenvalue weighted by Crippen LogP contribution is 1.21. The van der Waals surface area contributed by atoms with Gasteiger partial charge in [-0.3, -0.25) is 0 Å². The highest BCUT2D eigenvalue weighted by molar-refractivity contribution is 7.28. The molecule has 18 valence electrons. The molecule has 0 aromatic carbocycles. The predicted molar refractivity (Wildman–Crippen MR) is 24.4 cm³/mol. The van der Waals surface area contributed by atoms with Crippen LogP contribution in [-0.4, -0.2) is 33.1 Å². The molecular formula is CH2Si3. The monoisotopic (exact) mass is 97.9 g/mol. The van der Waals surface area contributed by atoms with Gasteiger partial charge >= 0.3 is 0 Å². The number of rotatable bonds is 0. The van der Waals surface area contributed by atoms with Crippen molar-refractivity contribution in [3.63, 3.8) is 0 Å². The highest BCUT2D eigenvalue weighted by atomic mass is 29.5. The quantitative estimate of drug-likeness (QED) is 0.335. The van der Waals surface area contributed by atoms with Gasteiger partial charge in [-0.25, -0.2) is 0 Å². The Morgan fingerprint density at radius 1 is 1.50 bits per heavy atom. The van der Waals surface area contributed by atoms with E-state index in [4.69, 9.17) is 0 Å². The summed E-state index contributed by atoms with van der Waals surface area (Å²) < 4.78 is 0. The van der Waals surface area contributed by atoms with E-state index < -0.39 is 7.44 Å². The van der Waals surface area contributed by atoms with E-state index in [1.54, 1.807) is 0 Å². The summed E-state index contributed by atoms with van der Waals surface area (Å²) in [6, 6.07) is 0. The van der Waals surface area contributed by atoms with E-state index in [0.717, 1.165) is 0 Å². The van der Waals surface area contributed by atoms with Crippen molar-refractivity contribution in [2.24, 2.45) is 0 Å². The van der Waals surface area contributed by atoms with Gasteiger partial charge in [-0.2, -0.15) is 0 Å². The Morgan fingerprint density at radius 3 is 1.50 bits per heavy atom. The molecule has 0 N–H and O–H groups in total. The third-order valence-electron chi connectivity index (χ3n) is 0. The summed E-state index contributed by atoms with van der Waals surface area (Å²) in [4.78, 5) is 0. The Balaban J connectivity index is 2.80. The fourth-order valence-electron chi connectivity index (χ4n) is 0. The first kappa shape index (κ1) is 4.52. The van der Waals surface area contributed by atoms with Gasteiger partial charge in [0, 0.05) is 19.5 Å². The molecule has 0 amide bonds. The average molecular weight is 98.3 g/mol. The van der Waals surface area contributed by atoms with E-state index >= 15 is 0 Å². The van der Waals surface area contributed by atoms with Crippen molar-refractivity contribution in [3.8, 4) is 0 Å². The maximum atomic E-state index is 3.57. The molecule has 0 saturated carbocycles. The van der Waals surface area contributed by atoms with Crippen LogP contribution in [0.5, 0.6) is 0 Å². The van der Waals surface area contributed by atoms with Crippen molar-refractivity contribution in [1.29, 1.82) is 0 Å². The molecule has 0 atom stereocenters. The van der Waals surface area contributed by atoms with Crippen molar-refractivity contribution in [1.82, 2.24) is 0 Å². The van der Waals surface area contributed by atoms with Gasteiger partial charge in [0.05, 0.1) is 0 Å². The Kier molecular flexibility index (Phi) is 2.04. The van der Waals surface area contributed by atoms with Gasteiger partial charge in [0.15, 0.2) is 0 Å². The molecule has 0 fully saturated rings. The second-order valence-corrected chi connectivity index (χ2v) is 6.56. The van der Waals surface area contributed by atoms with Crippen LogP contribution < -0.4 is 0 Å². The zero-order chi connectivity index (χ0) is 3.58. The van der Waals surface area contributed by atoms with Crippen molar-refractivity contribution < 1.29 is 0 Å². The second-order valence-electron chi connectivity index (χ2n) is 0.479. The van der Waals surface area contributed by atoms with Crippen LogP contribution in [0.2, 0.25) is 0 Å². The average Bonchev–Trinajstić information content (AvgIpc) is 0.811. The third kappa shape index (κ3) is 21.5. The molecule has 0 aliphatic rings. The van der Waals surface area contributed by atoms with Gasteiger partial charge in [0.1, 0.15) is 0 Å². The lowest BCUT2D eigenvalue weighted by Gasteiger charge is -1.60. The van der Waals surface area contributed by atoms with Crippen LogP contribution in [0.3, 0.4) is 0 Å². The number of hydrogen-bond donors (Lipinski definition) is 0. The summed E-state index contributed by atoms with van der Waals surface area (Å²) in [5, 5.41) is 0. The lowest BCUT2D eigenvalue weighted by atomic mass is 12.0. The Labute approximate surface area is 33.9 Å². The molecule has 6 radical (unpaired) electrons. The number of hydrogen-bond acceptors (Lipinski definition) is 0. The van der Waals surface area contributed by atoms with E-state index in [2.05, 4.69) is 25.7 Å². The van der Waals surface area contributed by atoms with E-state index in [0.29, 0.717) is 0 Å². The van der Waals surface area contributed by atoms with E-state index in [1.165, 1.54) is 0 Å². The van der Waals surface area contributed by atoms with Crippen LogP contribution >= 0.6 is 0 Å². The highest BCUT2D eigenvalue weighted by Gasteiger charge is 1.57. The zero-order valence-corrected chi connectivity index (χ0v) is 5.21. The van der Waals surface area contributed by atoms with Crippen molar-refractivity contribution in [2.45, 2.75) is 0 Å². The predicted octanol–water partition coefficient (Wildman–Crippen LogP) is -1.17. The fraction of sp³-hybridized carbons (Fsp3) is 0. The molecule has 0 aliphatic carbocycles. The summed E-state index contributed by atoms with van der Waals surface area (Å²) in [7, 11) is 5.91. The van der Waals surface area contributed by atoms with E-state index in [9.17, 15) is 0 Å². The molecule has 4 heavy (non-hydrogen) atoms. The molecular weight excluding hydrogens is 96.3 g/mol. The van der Waals surface area contributed by atoms with E-state index in [-0.39, 0.29) is 0 Å². The Bertz CT molecular complexity index is 26.3. The molecule has 0 unspecified atom stereocenters. The van der Waals surface area contributed by atoms with Gasteiger partial charge in [-0.1, -0.05) is 0 Å². The van der Waals surface area contributed by atoms with Crippen molar-refractivity contribution in [2.75, 3.05) is 0 Å². The summed E-state index contributed by atoms with van der Waals surface area (Å²) in [5.74, 6) is 0. The van der Waals surface area contributed by atoms with Crippen molar-refractivity contribution >= 4 is 33.1 Å². The smallest absolute Gasteiger partial charge is 0.0312 e. The summed E-state index contributed by atoms with van der Waals surface area (Å²) >= 11 is 0. The summed E-state index contributed by atoms with van der Waals surface area (Å²) in [6.45, 7) is 0. The third-order valence-corrected chi connectivity index (χ3v) is 0. The molecule has 0 rings (SSSR count). The molecule has 0 bridgehead atoms. The molecule has 0 heterocycles. The van der Waals surface area contributed by atoms with E-state index in [1.807, 2.05) is 0 Å². The molecule has 0 aromatic rings. The maximum Gasteiger partial charge on any atom is 0.0312 e.